The zero-order valence-electron chi connectivity index (χ0n) is 17.6. The fourth-order valence-corrected chi connectivity index (χ4v) is 6.43. The zero-order chi connectivity index (χ0) is 20.2. The summed E-state index contributed by atoms with van der Waals surface area (Å²) in [7, 11) is 1.93. The monoisotopic (exact) mass is 390 g/mol. The molecule has 4 atom stereocenters. The summed E-state index contributed by atoms with van der Waals surface area (Å²) in [4.78, 5) is 0. The number of aromatic hydroxyl groups is 1. The first kappa shape index (κ1) is 18.6. The molecule has 2 saturated carbocycles. The van der Waals surface area contributed by atoms with Gasteiger partial charge in [-0.3, -0.25) is 4.68 Å². The van der Waals surface area contributed by atoms with Crippen molar-refractivity contribution in [1.82, 2.24) is 9.78 Å². The van der Waals surface area contributed by atoms with E-state index in [9.17, 15) is 5.11 Å². The van der Waals surface area contributed by atoms with E-state index in [-0.39, 0.29) is 5.41 Å². The van der Waals surface area contributed by atoms with Crippen molar-refractivity contribution in [2.45, 2.75) is 58.3 Å². The molecule has 5 nitrogen and oxygen atoms in total. The van der Waals surface area contributed by atoms with E-state index < -0.39 is 0 Å². The summed E-state index contributed by atoms with van der Waals surface area (Å²) in [6.07, 6.45) is 10.8. The van der Waals surface area contributed by atoms with Crippen LogP contribution >= 0.6 is 0 Å². The van der Waals surface area contributed by atoms with E-state index in [0.717, 1.165) is 30.0 Å². The van der Waals surface area contributed by atoms with Gasteiger partial charge in [-0.25, -0.2) is 0 Å². The third-order valence-electron chi connectivity index (χ3n) is 7.88. The maximum atomic E-state index is 9.86. The van der Waals surface area contributed by atoms with Crippen molar-refractivity contribution < 1.29 is 5.11 Å². The van der Waals surface area contributed by atoms with E-state index in [4.69, 9.17) is 5.10 Å². The Morgan fingerprint density at radius 3 is 2.90 bits per heavy atom. The Morgan fingerprint density at radius 2 is 2.10 bits per heavy atom. The van der Waals surface area contributed by atoms with Crippen LogP contribution in [0, 0.1) is 24.2 Å². The minimum Gasteiger partial charge on any atom is -0.508 e. The van der Waals surface area contributed by atoms with Crippen LogP contribution in [0.4, 0.5) is 0 Å². The molecule has 152 valence electrons. The Bertz CT molecular complexity index is 1000. The van der Waals surface area contributed by atoms with Gasteiger partial charge in [0.1, 0.15) is 5.75 Å². The van der Waals surface area contributed by atoms with E-state index >= 15 is 0 Å². The Morgan fingerprint density at radius 1 is 1.24 bits per heavy atom. The van der Waals surface area contributed by atoms with Crippen LogP contribution in [0.3, 0.4) is 0 Å². The van der Waals surface area contributed by atoms with E-state index in [1.54, 1.807) is 0 Å². The highest BCUT2D eigenvalue weighted by Crippen LogP contribution is 2.60. The quantitative estimate of drug-likeness (QED) is 0.593. The minimum atomic E-state index is 0.177. The molecular formula is C24H30N4O. The zero-order valence-corrected chi connectivity index (χ0v) is 17.6. The number of phenols is 1. The van der Waals surface area contributed by atoms with Gasteiger partial charge in [-0.05, 0) is 86.5 Å². The van der Waals surface area contributed by atoms with Crippen LogP contribution < -0.4 is 0 Å². The number of aromatic nitrogens is 2. The lowest BCUT2D eigenvalue weighted by Gasteiger charge is -2.49. The van der Waals surface area contributed by atoms with Gasteiger partial charge >= 0.3 is 0 Å². The molecule has 0 saturated heterocycles. The summed E-state index contributed by atoms with van der Waals surface area (Å²) in [6.45, 7) is 4.43. The van der Waals surface area contributed by atoms with Gasteiger partial charge in [0, 0.05) is 29.9 Å². The Labute approximate surface area is 172 Å². The van der Waals surface area contributed by atoms with Crippen molar-refractivity contribution in [3.05, 3.63) is 46.8 Å². The minimum absolute atomic E-state index is 0.177. The van der Waals surface area contributed by atoms with Crippen molar-refractivity contribution in [3.8, 4) is 5.75 Å². The number of hydrogen-bond donors (Lipinski definition) is 1. The maximum absolute atomic E-state index is 9.86. The lowest BCUT2D eigenvalue weighted by molar-refractivity contribution is 0.0955. The van der Waals surface area contributed by atoms with Gasteiger partial charge < -0.3 is 5.11 Å². The van der Waals surface area contributed by atoms with Crippen molar-refractivity contribution in [2.24, 2.45) is 34.5 Å². The van der Waals surface area contributed by atoms with Gasteiger partial charge in [-0.1, -0.05) is 13.0 Å². The number of hydrogen-bond acceptors (Lipinski definition) is 4. The molecule has 2 fully saturated rings. The van der Waals surface area contributed by atoms with Gasteiger partial charge in [-0.15, -0.1) is 0 Å². The Balaban J connectivity index is 1.39. The van der Waals surface area contributed by atoms with E-state index in [1.165, 1.54) is 42.5 Å². The summed E-state index contributed by atoms with van der Waals surface area (Å²) in [5, 5.41) is 23.4. The normalized spacial score (nSPS) is 32.4. The molecule has 1 aromatic carbocycles. The van der Waals surface area contributed by atoms with Gasteiger partial charge in [0.15, 0.2) is 0 Å². The molecule has 1 aromatic heterocycles. The maximum Gasteiger partial charge on any atom is 0.115 e. The van der Waals surface area contributed by atoms with Crippen molar-refractivity contribution in [3.63, 3.8) is 0 Å². The summed E-state index contributed by atoms with van der Waals surface area (Å²) >= 11 is 0. The molecule has 3 aliphatic carbocycles. The SMILES string of the molecule is Cc1nn(C)cc1/C=N\N=C1\CC[C@@H]2[C@@H]3CCc4cc(O)ccc4[C@H]3CC[C@@]12C. The Kier molecular flexibility index (Phi) is 4.37. The van der Waals surface area contributed by atoms with E-state index in [1.807, 2.05) is 43.2 Å². The fraction of sp³-hybridized carbons (Fsp3) is 0.542. The first-order chi connectivity index (χ1) is 14.0. The standard InChI is InChI=1S/C24H30N4O/c1-15-17(14-28(3)27-15)13-25-26-23-9-8-22-21-6-4-16-12-18(29)5-7-19(16)20(21)10-11-24(22,23)2/h5,7,12-14,20-22,29H,4,6,8-11H2,1-3H3/b25-13-,26-23-/t20-,21-,22-,24-/m1/s1. The number of aryl methyl sites for hydroxylation is 3. The highest BCUT2D eigenvalue weighted by molar-refractivity contribution is 5.93. The predicted octanol–water partition coefficient (Wildman–Crippen LogP) is 4.77. The summed E-state index contributed by atoms with van der Waals surface area (Å²) in [5.41, 5.74) is 6.33. The number of nitrogens with zero attached hydrogens (tertiary/aromatic N) is 4. The van der Waals surface area contributed by atoms with Gasteiger partial charge in [0.05, 0.1) is 11.9 Å². The highest BCUT2D eigenvalue weighted by atomic mass is 16.3. The molecule has 0 radical (unpaired) electrons. The van der Waals surface area contributed by atoms with Crippen molar-refractivity contribution in [2.75, 3.05) is 0 Å². The summed E-state index contributed by atoms with van der Waals surface area (Å²) in [5.74, 6) is 2.46. The second-order valence-corrected chi connectivity index (χ2v) is 9.43. The molecule has 0 amide bonds. The molecule has 1 heterocycles. The largest absolute Gasteiger partial charge is 0.508 e. The van der Waals surface area contributed by atoms with Crippen LogP contribution in [0.1, 0.15) is 67.3 Å². The second-order valence-electron chi connectivity index (χ2n) is 9.43. The van der Waals surface area contributed by atoms with Gasteiger partial charge in [0.25, 0.3) is 0 Å². The first-order valence-electron chi connectivity index (χ1n) is 10.9. The van der Waals surface area contributed by atoms with Crippen LogP contribution in [0.25, 0.3) is 0 Å². The third-order valence-corrected chi connectivity index (χ3v) is 7.88. The number of phenolic OH excluding ortho intramolecular Hbond substituents is 1. The summed E-state index contributed by atoms with van der Waals surface area (Å²) in [6, 6.07) is 6.02. The average Bonchev–Trinajstić information content (AvgIpc) is 3.19. The summed E-state index contributed by atoms with van der Waals surface area (Å²) < 4.78 is 1.82. The van der Waals surface area contributed by atoms with Crippen molar-refractivity contribution >= 4 is 11.9 Å². The smallest absolute Gasteiger partial charge is 0.115 e. The molecular weight excluding hydrogens is 360 g/mol. The lowest BCUT2D eigenvalue weighted by atomic mass is 9.55. The highest BCUT2D eigenvalue weighted by Gasteiger charge is 2.53. The molecule has 0 unspecified atom stereocenters. The lowest BCUT2D eigenvalue weighted by Crippen LogP contribution is -2.42. The molecule has 0 aliphatic heterocycles. The van der Waals surface area contributed by atoms with Crippen LogP contribution in [0.15, 0.2) is 34.6 Å². The molecule has 0 spiro atoms. The molecule has 0 bridgehead atoms. The molecule has 3 aliphatic rings. The van der Waals surface area contributed by atoms with Crippen LogP contribution in [-0.4, -0.2) is 26.8 Å². The number of rotatable bonds is 2. The second kappa shape index (κ2) is 6.82. The molecule has 2 aromatic rings. The van der Waals surface area contributed by atoms with E-state index in [0.29, 0.717) is 17.6 Å². The van der Waals surface area contributed by atoms with Crippen LogP contribution in [0.2, 0.25) is 0 Å². The van der Waals surface area contributed by atoms with Crippen LogP contribution in [0.5, 0.6) is 5.75 Å². The Hall–Kier alpha value is -2.43. The topological polar surface area (TPSA) is 62.8 Å². The van der Waals surface area contributed by atoms with Gasteiger partial charge in [-0.2, -0.15) is 15.3 Å². The van der Waals surface area contributed by atoms with Crippen molar-refractivity contribution in [1.29, 1.82) is 0 Å². The number of fused-ring (bicyclic) bond motifs is 5. The molecule has 29 heavy (non-hydrogen) atoms. The molecule has 5 heteroatoms. The fourth-order valence-electron chi connectivity index (χ4n) is 6.43. The number of benzene rings is 1. The average molecular weight is 391 g/mol. The molecule has 1 N–H and O–H groups in total. The molecule has 5 rings (SSSR count). The predicted molar refractivity (Wildman–Crippen MR) is 116 cm³/mol. The van der Waals surface area contributed by atoms with Crippen LogP contribution in [-0.2, 0) is 13.5 Å². The third kappa shape index (κ3) is 3.02. The first-order valence-corrected chi connectivity index (χ1v) is 10.9. The van der Waals surface area contributed by atoms with E-state index in [2.05, 4.69) is 23.2 Å². The van der Waals surface area contributed by atoms with Gasteiger partial charge in [0.2, 0.25) is 0 Å².